The summed E-state index contributed by atoms with van der Waals surface area (Å²) in [5.74, 6) is -0.514. The van der Waals surface area contributed by atoms with Gasteiger partial charge < -0.3 is 4.74 Å². The number of halogens is 1. The molecule has 0 N–H and O–H groups in total. The van der Waals surface area contributed by atoms with E-state index in [1.54, 1.807) is 24.3 Å². The van der Waals surface area contributed by atoms with Crippen LogP contribution in [0.2, 0.25) is 5.02 Å². The molecule has 4 aromatic rings. The maximum Gasteiger partial charge on any atom is 0.339 e. The summed E-state index contributed by atoms with van der Waals surface area (Å²) in [6, 6.07) is 21.1. The molecule has 174 valence electrons. The van der Waals surface area contributed by atoms with Gasteiger partial charge in [-0.05, 0) is 48.4 Å². The smallest absolute Gasteiger partial charge is 0.339 e. The molecule has 0 bridgehead atoms. The van der Waals surface area contributed by atoms with Gasteiger partial charge in [-0.3, -0.25) is 0 Å². The fourth-order valence-electron chi connectivity index (χ4n) is 3.71. The predicted octanol–water partition coefficient (Wildman–Crippen LogP) is 5.47. The number of pyridine rings is 1. The lowest BCUT2D eigenvalue weighted by Crippen LogP contribution is -2.22. The highest BCUT2D eigenvalue weighted by Crippen LogP contribution is 2.31. The maximum absolute atomic E-state index is 13.3. The van der Waals surface area contributed by atoms with Gasteiger partial charge in [-0.1, -0.05) is 54.1 Å². The van der Waals surface area contributed by atoms with E-state index in [0.29, 0.717) is 38.3 Å². The van der Waals surface area contributed by atoms with Crippen molar-refractivity contribution in [1.82, 2.24) is 9.29 Å². The first kappa shape index (κ1) is 23.9. The quantitative estimate of drug-likeness (QED) is 0.332. The molecule has 0 unspecified atom stereocenters. The third-order valence-electron chi connectivity index (χ3n) is 5.48. The Bertz CT molecular complexity index is 1500. The SMILES string of the molecule is Cc1c(-c2cccc(Cl)c2)nc2ccccc2c1C(=O)OCc1cccc(S(=O)(=O)N(C)C)c1. The summed E-state index contributed by atoms with van der Waals surface area (Å²) in [7, 11) is -0.653. The maximum atomic E-state index is 13.3. The first-order valence-corrected chi connectivity index (χ1v) is 12.3. The van der Waals surface area contributed by atoms with Gasteiger partial charge in [-0.2, -0.15) is 0 Å². The largest absolute Gasteiger partial charge is 0.457 e. The monoisotopic (exact) mass is 494 g/mol. The second kappa shape index (κ2) is 9.54. The van der Waals surface area contributed by atoms with Gasteiger partial charge >= 0.3 is 5.97 Å². The lowest BCUT2D eigenvalue weighted by Gasteiger charge is -2.15. The molecule has 0 spiro atoms. The molecule has 0 amide bonds. The molecule has 0 aliphatic heterocycles. The molecule has 1 heterocycles. The number of hydrogen-bond acceptors (Lipinski definition) is 5. The van der Waals surface area contributed by atoms with Crippen LogP contribution in [0.3, 0.4) is 0 Å². The number of rotatable bonds is 6. The number of benzene rings is 3. The van der Waals surface area contributed by atoms with E-state index >= 15 is 0 Å². The van der Waals surface area contributed by atoms with E-state index in [-0.39, 0.29) is 11.5 Å². The zero-order valence-electron chi connectivity index (χ0n) is 18.9. The van der Waals surface area contributed by atoms with Gasteiger partial charge in [-0.15, -0.1) is 0 Å². The Morgan fingerprint density at radius 3 is 2.47 bits per heavy atom. The topological polar surface area (TPSA) is 76.6 Å². The first-order valence-electron chi connectivity index (χ1n) is 10.5. The van der Waals surface area contributed by atoms with Crippen LogP contribution in [0.5, 0.6) is 0 Å². The predicted molar refractivity (Wildman–Crippen MR) is 133 cm³/mol. The molecule has 0 radical (unpaired) electrons. The van der Waals surface area contributed by atoms with E-state index in [0.717, 1.165) is 9.87 Å². The minimum Gasteiger partial charge on any atom is -0.457 e. The second-order valence-electron chi connectivity index (χ2n) is 8.00. The Kier molecular flexibility index (Phi) is 6.70. The van der Waals surface area contributed by atoms with Crippen molar-refractivity contribution in [1.29, 1.82) is 0 Å². The third-order valence-corrected chi connectivity index (χ3v) is 7.53. The first-order chi connectivity index (χ1) is 16.2. The standard InChI is InChI=1S/C26H23ClN2O4S/c1-17-24(26(30)33-16-18-8-6-11-21(14-18)34(31,32)29(2)3)22-12-4-5-13-23(22)28-25(17)19-9-7-10-20(27)15-19/h4-15H,16H2,1-3H3. The Morgan fingerprint density at radius 2 is 1.74 bits per heavy atom. The Hall–Kier alpha value is -3.26. The number of hydrogen-bond donors (Lipinski definition) is 0. The van der Waals surface area contributed by atoms with Crippen molar-refractivity contribution in [3.63, 3.8) is 0 Å². The highest BCUT2D eigenvalue weighted by Gasteiger charge is 2.21. The molecule has 0 atom stereocenters. The van der Waals surface area contributed by atoms with Crippen molar-refractivity contribution in [2.75, 3.05) is 14.1 Å². The summed E-state index contributed by atoms with van der Waals surface area (Å²) in [5, 5.41) is 1.25. The van der Waals surface area contributed by atoms with Crippen LogP contribution in [-0.4, -0.2) is 37.8 Å². The summed E-state index contributed by atoms with van der Waals surface area (Å²) in [4.78, 5) is 18.2. The van der Waals surface area contributed by atoms with Crippen LogP contribution < -0.4 is 0 Å². The van der Waals surface area contributed by atoms with Gasteiger partial charge in [0.15, 0.2) is 0 Å². The molecule has 8 heteroatoms. The third kappa shape index (κ3) is 4.68. The zero-order valence-corrected chi connectivity index (χ0v) is 20.5. The number of aromatic nitrogens is 1. The van der Waals surface area contributed by atoms with Crippen molar-refractivity contribution in [2.45, 2.75) is 18.4 Å². The van der Waals surface area contributed by atoms with Crippen molar-refractivity contribution < 1.29 is 17.9 Å². The molecule has 0 aliphatic rings. The Morgan fingerprint density at radius 1 is 1.00 bits per heavy atom. The summed E-state index contributed by atoms with van der Waals surface area (Å²) >= 11 is 6.18. The molecular formula is C26H23ClN2O4S. The average molecular weight is 495 g/mol. The summed E-state index contributed by atoms with van der Waals surface area (Å²) in [5.41, 5.74) is 3.77. The lowest BCUT2D eigenvalue weighted by molar-refractivity contribution is 0.0474. The van der Waals surface area contributed by atoms with Gasteiger partial charge in [0, 0.05) is 30.1 Å². The number of esters is 1. The number of fused-ring (bicyclic) bond motifs is 1. The number of ether oxygens (including phenoxy) is 1. The summed E-state index contributed by atoms with van der Waals surface area (Å²) < 4.78 is 31.7. The van der Waals surface area contributed by atoms with E-state index in [1.165, 1.54) is 26.2 Å². The molecule has 3 aromatic carbocycles. The minimum absolute atomic E-state index is 0.0712. The van der Waals surface area contributed by atoms with Crippen molar-refractivity contribution in [2.24, 2.45) is 0 Å². The van der Waals surface area contributed by atoms with Crippen molar-refractivity contribution in [3.05, 3.63) is 94.5 Å². The van der Waals surface area contributed by atoms with E-state index < -0.39 is 16.0 Å². The van der Waals surface area contributed by atoms with Crippen LogP contribution in [-0.2, 0) is 21.4 Å². The fourth-order valence-corrected chi connectivity index (χ4v) is 4.88. The van der Waals surface area contributed by atoms with Crippen LogP contribution >= 0.6 is 11.6 Å². The molecule has 1 aromatic heterocycles. The van der Waals surface area contributed by atoms with Gasteiger partial charge in [-0.25, -0.2) is 22.5 Å². The van der Waals surface area contributed by atoms with Gasteiger partial charge in [0.2, 0.25) is 10.0 Å². The van der Waals surface area contributed by atoms with Crippen LogP contribution in [0.15, 0.2) is 77.7 Å². The average Bonchev–Trinajstić information content (AvgIpc) is 2.82. The summed E-state index contributed by atoms with van der Waals surface area (Å²) in [6.07, 6.45) is 0. The molecule has 6 nitrogen and oxygen atoms in total. The second-order valence-corrected chi connectivity index (χ2v) is 10.6. The number of sulfonamides is 1. The van der Waals surface area contributed by atoms with Crippen molar-refractivity contribution >= 4 is 38.5 Å². The van der Waals surface area contributed by atoms with Crippen LogP contribution in [0.1, 0.15) is 21.5 Å². The molecule has 0 fully saturated rings. The normalized spacial score (nSPS) is 11.7. The molecule has 4 rings (SSSR count). The summed E-state index contributed by atoms with van der Waals surface area (Å²) in [6.45, 7) is 1.76. The number of para-hydroxylation sites is 1. The molecule has 0 aliphatic carbocycles. The van der Waals surface area contributed by atoms with Gasteiger partial charge in [0.05, 0.1) is 21.7 Å². The van der Waals surface area contributed by atoms with Crippen LogP contribution in [0.4, 0.5) is 0 Å². The van der Waals surface area contributed by atoms with E-state index in [1.807, 2.05) is 43.3 Å². The number of carbonyl (C=O) groups is 1. The molecule has 0 saturated carbocycles. The minimum atomic E-state index is -3.59. The Labute approximate surface area is 203 Å². The number of carbonyl (C=O) groups excluding carboxylic acids is 1. The van der Waals surface area contributed by atoms with E-state index in [2.05, 4.69) is 0 Å². The molecule has 0 saturated heterocycles. The fraction of sp³-hybridized carbons (Fsp3) is 0.154. The highest BCUT2D eigenvalue weighted by molar-refractivity contribution is 7.89. The van der Waals surface area contributed by atoms with Gasteiger partial charge in [0.25, 0.3) is 0 Å². The number of nitrogens with zero attached hydrogens (tertiary/aromatic N) is 2. The highest BCUT2D eigenvalue weighted by atomic mass is 35.5. The molecular weight excluding hydrogens is 472 g/mol. The van der Waals surface area contributed by atoms with E-state index in [4.69, 9.17) is 21.3 Å². The van der Waals surface area contributed by atoms with Crippen molar-refractivity contribution in [3.8, 4) is 11.3 Å². The zero-order chi connectivity index (χ0) is 24.5. The lowest BCUT2D eigenvalue weighted by atomic mass is 9.98. The molecule has 34 heavy (non-hydrogen) atoms. The van der Waals surface area contributed by atoms with E-state index in [9.17, 15) is 13.2 Å². The van der Waals surface area contributed by atoms with Gasteiger partial charge in [0.1, 0.15) is 6.61 Å². The Balaban J connectivity index is 1.70. The van der Waals surface area contributed by atoms with Crippen LogP contribution in [0.25, 0.3) is 22.2 Å². The van der Waals surface area contributed by atoms with Crippen LogP contribution in [0, 0.1) is 6.92 Å².